The molecule has 1 amide bonds. The highest BCUT2D eigenvalue weighted by atomic mass is 35.5. The van der Waals surface area contributed by atoms with Crippen LogP contribution in [0.2, 0.25) is 10.0 Å². The summed E-state index contributed by atoms with van der Waals surface area (Å²) in [6.45, 7) is 0.250. The molecule has 0 aliphatic rings. The fraction of sp³-hybridized carbons (Fsp3) is 0.364. The van der Waals surface area contributed by atoms with Gasteiger partial charge < -0.3 is 5.32 Å². The van der Waals surface area contributed by atoms with Crippen molar-refractivity contribution in [1.29, 1.82) is 0 Å². The number of nitrogens with zero attached hydrogens (tertiary/aromatic N) is 1. The number of rotatable bonds is 6. The number of benzene rings is 1. The molecule has 0 spiro atoms. The van der Waals surface area contributed by atoms with E-state index in [0.717, 1.165) is 4.31 Å². The molecule has 6 nitrogen and oxygen atoms in total. The molecule has 1 rings (SSSR count). The lowest BCUT2D eigenvalue weighted by molar-refractivity contribution is 0.0954. The van der Waals surface area contributed by atoms with Crippen molar-refractivity contribution in [2.45, 2.75) is 0 Å². The van der Waals surface area contributed by atoms with Crippen molar-refractivity contribution in [2.24, 2.45) is 0 Å². The van der Waals surface area contributed by atoms with Crippen molar-refractivity contribution in [1.82, 2.24) is 14.3 Å². The van der Waals surface area contributed by atoms with E-state index in [4.69, 9.17) is 23.2 Å². The van der Waals surface area contributed by atoms with E-state index in [1.165, 1.54) is 32.3 Å². The third kappa shape index (κ3) is 4.92. The molecule has 1 aromatic rings. The Morgan fingerprint density at radius 3 is 2.40 bits per heavy atom. The minimum atomic E-state index is -3.48. The Bertz CT molecular complexity index is 591. The molecule has 0 radical (unpaired) electrons. The van der Waals surface area contributed by atoms with Crippen LogP contribution in [-0.4, -0.2) is 45.8 Å². The molecule has 0 unspecified atom stereocenters. The van der Waals surface area contributed by atoms with Crippen LogP contribution in [0.3, 0.4) is 0 Å². The van der Waals surface area contributed by atoms with Gasteiger partial charge in [0.25, 0.3) is 16.1 Å². The smallest absolute Gasteiger partial charge is 0.278 e. The Hall–Kier alpha value is -0.860. The number of carbonyl (C=O) groups excluding carboxylic acids is 1. The molecule has 0 saturated heterocycles. The van der Waals surface area contributed by atoms with Crippen molar-refractivity contribution < 1.29 is 13.2 Å². The zero-order valence-corrected chi connectivity index (χ0v) is 13.3. The molecule has 0 saturated carbocycles. The quantitative estimate of drug-likeness (QED) is 0.762. The molecule has 0 aliphatic heterocycles. The summed E-state index contributed by atoms with van der Waals surface area (Å²) in [6.07, 6.45) is 0. The van der Waals surface area contributed by atoms with Gasteiger partial charge in [-0.1, -0.05) is 23.2 Å². The molecule has 2 N–H and O–H groups in total. The van der Waals surface area contributed by atoms with Crippen LogP contribution >= 0.6 is 23.2 Å². The van der Waals surface area contributed by atoms with E-state index in [-0.39, 0.29) is 24.0 Å². The number of halogens is 2. The SMILES string of the molecule is CN(C)S(=O)(=O)NCCNC(=O)c1ccc(Cl)c(Cl)c1. The van der Waals surface area contributed by atoms with E-state index >= 15 is 0 Å². The van der Waals surface area contributed by atoms with Gasteiger partial charge in [-0.15, -0.1) is 0 Å². The van der Waals surface area contributed by atoms with E-state index in [1.54, 1.807) is 0 Å². The summed E-state index contributed by atoms with van der Waals surface area (Å²) in [5.74, 6) is -0.354. The third-order valence-electron chi connectivity index (χ3n) is 2.36. The van der Waals surface area contributed by atoms with Crippen molar-refractivity contribution in [3.63, 3.8) is 0 Å². The summed E-state index contributed by atoms with van der Waals surface area (Å²) in [5, 5.41) is 3.22. The Morgan fingerprint density at radius 2 is 1.85 bits per heavy atom. The number of hydrogen-bond acceptors (Lipinski definition) is 3. The fourth-order valence-corrected chi connectivity index (χ4v) is 2.14. The molecule has 1 aromatic carbocycles. The Morgan fingerprint density at radius 1 is 1.20 bits per heavy atom. The van der Waals surface area contributed by atoms with Crippen molar-refractivity contribution in [3.8, 4) is 0 Å². The lowest BCUT2D eigenvalue weighted by Crippen LogP contribution is -2.40. The molecule has 0 atom stereocenters. The fourth-order valence-electron chi connectivity index (χ4n) is 1.22. The largest absolute Gasteiger partial charge is 0.351 e. The summed E-state index contributed by atoms with van der Waals surface area (Å²) < 4.78 is 26.2. The predicted molar refractivity (Wildman–Crippen MR) is 79.4 cm³/mol. The highest BCUT2D eigenvalue weighted by molar-refractivity contribution is 7.87. The zero-order chi connectivity index (χ0) is 15.3. The number of carbonyl (C=O) groups is 1. The maximum Gasteiger partial charge on any atom is 0.278 e. The predicted octanol–water partition coefficient (Wildman–Crippen LogP) is 1.12. The van der Waals surface area contributed by atoms with Gasteiger partial charge in [-0.25, -0.2) is 4.72 Å². The maximum absolute atomic E-state index is 11.8. The topological polar surface area (TPSA) is 78.5 Å². The standard InChI is InChI=1S/C11H15Cl2N3O3S/c1-16(2)20(18,19)15-6-5-14-11(17)8-3-4-9(12)10(13)7-8/h3-4,7,15H,5-6H2,1-2H3,(H,14,17). The van der Waals surface area contributed by atoms with Crippen LogP contribution < -0.4 is 10.0 Å². The third-order valence-corrected chi connectivity index (χ3v) is 4.63. The van der Waals surface area contributed by atoms with E-state index in [2.05, 4.69) is 10.0 Å². The average Bonchev–Trinajstić information content (AvgIpc) is 2.37. The van der Waals surface area contributed by atoms with Crippen molar-refractivity contribution in [2.75, 3.05) is 27.2 Å². The lowest BCUT2D eigenvalue weighted by Gasteiger charge is -2.12. The van der Waals surface area contributed by atoms with E-state index in [1.807, 2.05) is 0 Å². The number of amides is 1. The van der Waals surface area contributed by atoms with Crippen LogP contribution in [0, 0.1) is 0 Å². The summed E-state index contributed by atoms with van der Waals surface area (Å²) in [4.78, 5) is 11.8. The van der Waals surface area contributed by atoms with E-state index in [0.29, 0.717) is 10.6 Å². The van der Waals surface area contributed by atoms with Crippen LogP contribution in [0.4, 0.5) is 0 Å². The molecular formula is C11H15Cl2N3O3S. The Kier molecular flexibility index (Phi) is 6.22. The van der Waals surface area contributed by atoms with Gasteiger partial charge in [0.05, 0.1) is 10.0 Å². The van der Waals surface area contributed by atoms with Crippen molar-refractivity contribution in [3.05, 3.63) is 33.8 Å². The second kappa shape index (κ2) is 7.24. The minimum absolute atomic E-state index is 0.0908. The first kappa shape index (κ1) is 17.2. The molecule has 0 fully saturated rings. The molecule has 0 aliphatic carbocycles. The summed E-state index contributed by atoms with van der Waals surface area (Å²) in [6, 6.07) is 4.50. The first-order chi connectivity index (χ1) is 9.24. The molecule has 0 aromatic heterocycles. The van der Waals surface area contributed by atoms with Crippen LogP contribution in [0.15, 0.2) is 18.2 Å². The Labute approximate surface area is 128 Å². The second-order valence-electron chi connectivity index (χ2n) is 4.07. The van der Waals surface area contributed by atoms with Crippen LogP contribution in [0.5, 0.6) is 0 Å². The van der Waals surface area contributed by atoms with Crippen LogP contribution in [0.25, 0.3) is 0 Å². The highest BCUT2D eigenvalue weighted by Crippen LogP contribution is 2.22. The average molecular weight is 340 g/mol. The monoisotopic (exact) mass is 339 g/mol. The molecule has 0 heterocycles. The second-order valence-corrected chi connectivity index (χ2v) is 6.85. The van der Waals surface area contributed by atoms with E-state index in [9.17, 15) is 13.2 Å². The molecule has 9 heteroatoms. The van der Waals surface area contributed by atoms with Crippen LogP contribution in [0.1, 0.15) is 10.4 Å². The van der Waals surface area contributed by atoms with Gasteiger partial charge in [-0.3, -0.25) is 4.79 Å². The molecule has 20 heavy (non-hydrogen) atoms. The number of hydrogen-bond donors (Lipinski definition) is 2. The zero-order valence-electron chi connectivity index (χ0n) is 11.0. The van der Waals surface area contributed by atoms with Gasteiger partial charge in [0.15, 0.2) is 0 Å². The van der Waals surface area contributed by atoms with Crippen LogP contribution in [-0.2, 0) is 10.2 Å². The lowest BCUT2D eigenvalue weighted by atomic mass is 10.2. The number of nitrogens with one attached hydrogen (secondary N) is 2. The van der Waals surface area contributed by atoms with Gasteiger partial charge >= 0.3 is 0 Å². The minimum Gasteiger partial charge on any atom is -0.351 e. The van der Waals surface area contributed by atoms with Gasteiger partial charge in [-0.2, -0.15) is 12.7 Å². The van der Waals surface area contributed by atoms with E-state index < -0.39 is 10.2 Å². The van der Waals surface area contributed by atoms with Gasteiger partial charge in [0.1, 0.15) is 0 Å². The summed E-state index contributed by atoms with van der Waals surface area (Å²) >= 11 is 11.6. The van der Waals surface area contributed by atoms with Gasteiger partial charge in [-0.05, 0) is 18.2 Å². The summed E-state index contributed by atoms with van der Waals surface area (Å²) in [5.41, 5.74) is 0.356. The molecule has 112 valence electrons. The van der Waals surface area contributed by atoms with Gasteiger partial charge in [0.2, 0.25) is 0 Å². The van der Waals surface area contributed by atoms with Crippen molar-refractivity contribution >= 4 is 39.3 Å². The first-order valence-corrected chi connectivity index (χ1v) is 7.84. The molecular weight excluding hydrogens is 325 g/mol. The summed E-state index contributed by atoms with van der Waals surface area (Å²) in [7, 11) is -0.653. The normalized spacial score (nSPS) is 11.7. The first-order valence-electron chi connectivity index (χ1n) is 5.64. The Balaban J connectivity index is 2.46. The van der Waals surface area contributed by atoms with Gasteiger partial charge in [0, 0.05) is 32.7 Å². The maximum atomic E-state index is 11.8. The highest BCUT2D eigenvalue weighted by Gasteiger charge is 2.12. The molecule has 0 bridgehead atoms.